The standard InChI is InChI=1S/Bi.Sb.2Se. The summed E-state index contributed by atoms with van der Waals surface area (Å²) in [6, 6.07) is 0. The van der Waals surface area contributed by atoms with Crippen molar-refractivity contribution in [2.45, 2.75) is 0 Å². The molecule has 0 aliphatic rings. The van der Waals surface area contributed by atoms with Crippen molar-refractivity contribution in [2.24, 2.45) is 0 Å². The summed E-state index contributed by atoms with van der Waals surface area (Å²) in [7, 11) is 0. The summed E-state index contributed by atoms with van der Waals surface area (Å²) in [4.78, 5) is 0. The summed E-state index contributed by atoms with van der Waals surface area (Å²) < 4.78 is 0. The van der Waals surface area contributed by atoms with Crippen LogP contribution < -0.4 is 0 Å². The van der Waals surface area contributed by atoms with Crippen LogP contribution in [0.2, 0.25) is 0 Å². The van der Waals surface area contributed by atoms with Crippen LogP contribution in [0.15, 0.2) is 0 Å². The summed E-state index contributed by atoms with van der Waals surface area (Å²) in [6.45, 7) is 0. The van der Waals surface area contributed by atoms with E-state index >= 15 is 0 Å². The average Bonchev–Trinajstić information content (AvgIpc) is 0.918. The summed E-state index contributed by atoms with van der Waals surface area (Å²) in [5.74, 6) is 0. The third kappa shape index (κ3) is 8.83. The third-order valence-electron chi connectivity index (χ3n) is 0. The van der Waals surface area contributed by atoms with E-state index < -0.39 is 0 Å². The average molecular weight is 489 g/mol. The summed E-state index contributed by atoms with van der Waals surface area (Å²) in [6.07, 6.45) is 0. The summed E-state index contributed by atoms with van der Waals surface area (Å²) in [5.41, 5.74) is 0. The van der Waals surface area contributed by atoms with Gasteiger partial charge in [0.25, 0.3) is 0 Å². The van der Waals surface area contributed by atoms with Gasteiger partial charge in [-0.15, -0.1) is 0 Å². The summed E-state index contributed by atoms with van der Waals surface area (Å²) in [5, 5.41) is 0. The van der Waals surface area contributed by atoms with Gasteiger partial charge < -0.3 is 0 Å². The first kappa shape index (κ1) is 9.88. The first-order chi connectivity index (χ1) is 1.41. The van der Waals surface area contributed by atoms with Gasteiger partial charge in [0.2, 0.25) is 0 Å². The van der Waals surface area contributed by atoms with Crippen molar-refractivity contribution in [1.29, 1.82) is 0 Å². The molecule has 0 heterocycles. The Kier molecular flexibility index (Phi) is 22.8. The van der Waals surface area contributed by atoms with Gasteiger partial charge in [-0.2, -0.15) is 0 Å². The molecule has 0 bridgehead atoms. The second kappa shape index (κ2) is 9.22. The molecule has 0 fully saturated rings. The molecular formula is BiSbSe2. The Morgan fingerprint density at radius 1 is 1.25 bits per heavy atom. The first-order valence-corrected chi connectivity index (χ1v) is 16.6. The number of rotatable bonds is 0. The molecule has 4 heteroatoms. The van der Waals surface area contributed by atoms with Gasteiger partial charge in [0.1, 0.15) is 0 Å². The minimum atomic E-state index is -0.0833. The Labute approximate surface area is 63.7 Å². The Balaban J connectivity index is 0. The van der Waals surface area contributed by atoms with Gasteiger partial charge >= 0.3 is 40.7 Å². The van der Waals surface area contributed by atoms with Gasteiger partial charge in [0.05, 0.1) is 0 Å². The van der Waals surface area contributed by atoms with Gasteiger partial charge in [-0.3, -0.25) is 0 Å². The molecule has 0 saturated heterocycles. The van der Waals surface area contributed by atoms with Crippen LogP contribution in [0.3, 0.4) is 0 Å². The molecule has 0 aliphatic heterocycles. The molecule has 0 N–H and O–H groups in total. The molecule has 4 heavy (non-hydrogen) atoms. The van der Waals surface area contributed by atoms with Crippen molar-refractivity contribution in [3.05, 3.63) is 0 Å². The SMILES string of the molecule is [Sb].[Se]=[Bi]=[Se]. The zero-order valence-corrected chi connectivity index (χ0v) is 11.2. The van der Waals surface area contributed by atoms with E-state index in [4.69, 9.17) is 0 Å². The van der Waals surface area contributed by atoms with Gasteiger partial charge in [0.15, 0.2) is 0 Å². The van der Waals surface area contributed by atoms with E-state index in [9.17, 15) is 0 Å². The minimum absolute atomic E-state index is 0. The molecule has 0 unspecified atom stereocenters. The van der Waals surface area contributed by atoms with Crippen molar-refractivity contribution >= 4 is 65.1 Å². The van der Waals surface area contributed by atoms with E-state index in [0.29, 0.717) is 0 Å². The molecule has 0 aliphatic carbocycles. The molecule has 0 rings (SSSR count). The van der Waals surface area contributed by atoms with Crippen molar-refractivity contribution in [3.8, 4) is 0 Å². The second-order valence-corrected chi connectivity index (χ2v) is 17.7. The van der Waals surface area contributed by atoms with E-state index in [1.54, 1.807) is 0 Å². The zero-order valence-electron chi connectivity index (χ0n) is 1.71. The Hall–Kier alpha value is 2.74. The van der Waals surface area contributed by atoms with Crippen LogP contribution >= 0.6 is 0 Å². The monoisotopic (exact) mass is 490 g/mol. The molecule has 0 aromatic carbocycles. The van der Waals surface area contributed by atoms with E-state index in [0.717, 1.165) is 0 Å². The van der Waals surface area contributed by atoms with Crippen LogP contribution in [0.5, 0.6) is 0 Å². The summed E-state index contributed by atoms with van der Waals surface area (Å²) >= 11 is 5.78. The van der Waals surface area contributed by atoms with Crippen LogP contribution in [0.25, 0.3) is 0 Å². The van der Waals surface area contributed by atoms with Crippen LogP contribution in [0.1, 0.15) is 0 Å². The molecule has 0 aromatic rings. The number of hydrogen-bond donors (Lipinski definition) is 0. The fourth-order valence-corrected chi connectivity index (χ4v) is 0. The van der Waals surface area contributed by atoms with Crippen molar-refractivity contribution < 1.29 is 0 Å². The van der Waals surface area contributed by atoms with Gasteiger partial charge in [-0.1, -0.05) is 0 Å². The maximum absolute atomic E-state index is 2.93. The van der Waals surface area contributed by atoms with Crippen LogP contribution in [0.4, 0.5) is 0 Å². The van der Waals surface area contributed by atoms with E-state index in [1.807, 2.05) is 0 Å². The fraction of sp³-hybridized carbons (Fsp3) is 0. The van der Waals surface area contributed by atoms with Crippen molar-refractivity contribution in [3.63, 3.8) is 0 Å². The molecule has 0 spiro atoms. The van der Waals surface area contributed by atoms with E-state index in [-0.39, 0.29) is 41.7 Å². The molecule has 0 saturated carbocycles. The normalized spacial score (nSPS) is 2.00. The van der Waals surface area contributed by atoms with Crippen LogP contribution in [0, 0.1) is 0 Å². The van der Waals surface area contributed by atoms with Gasteiger partial charge in [-0.05, 0) is 0 Å². The van der Waals surface area contributed by atoms with Crippen molar-refractivity contribution in [2.75, 3.05) is 0 Å². The first-order valence-electron chi connectivity index (χ1n) is 0.365. The Morgan fingerprint density at radius 3 is 1.25 bits per heavy atom. The van der Waals surface area contributed by atoms with E-state index in [2.05, 4.69) is 23.4 Å². The molecule has 22 valence electrons. The maximum atomic E-state index is 2.93. The zero-order chi connectivity index (χ0) is 2.71. The van der Waals surface area contributed by atoms with E-state index in [1.165, 1.54) is 0 Å². The van der Waals surface area contributed by atoms with Crippen LogP contribution in [-0.4, -0.2) is 65.1 Å². The van der Waals surface area contributed by atoms with Gasteiger partial charge in [-0.25, -0.2) is 0 Å². The van der Waals surface area contributed by atoms with Gasteiger partial charge in [0, 0.05) is 24.4 Å². The topological polar surface area (TPSA) is 0 Å². The molecule has 0 aromatic heterocycles. The van der Waals surface area contributed by atoms with Crippen LogP contribution in [-0.2, 0) is 0 Å². The molecule has 4 radical (unpaired) electrons. The second-order valence-electron chi connectivity index (χ2n) is 0.0745. The molecule has 0 amide bonds. The van der Waals surface area contributed by atoms with Crippen molar-refractivity contribution in [1.82, 2.24) is 0 Å². The predicted molar refractivity (Wildman–Crippen MR) is 23.0 cm³/mol. The Bertz CT molecular complexity index is 27.0. The predicted octanol–water partition coefficient (Wildman–Crippen LogP) is -1.52. The number of hydrogen-bond acceptors (Lipinski definition) is 0. The Morgan fingerprint density at radius 2 is 1.25 bits per heavy atom. The molecule has 0 atom stereocenters. The quantitative estimate of drug-likeness (QED) is 0.364. The molecular weight excluding hydrogens is 489 g/mol. The molecule has 0 nitrogen and oxygen atoms in total. The third-order valence-corrected chi connectivity index (χ3v) is 0. The fourth-order valence-electron chi connectivity index (χ4n) is 0.